The fraction of sp³-hybridized carbons (Fsp3) is 0.0588. The van der Waals surface area contributed by atoms with Crippen LogP contribution in [0.2, 0.25) is 0 Å². The van der Waals surface area contributed by atoms with Gasteiger partial charge in [0.05, 0.1) is 22.9 Å². The average Bonchev–Trinajstić information content (AvgIpc) is 3.01. The topological polar surface area (TPSA) is 124 Å². The largest absolute Gasteiger partial charge is 0.475 e. The van der Waals surface area contributed by atoms with E-state index in [0.29, 0.717) is 5.69 Å². The molecule has 0 saturated heterocycles. The molecule has 134 valence electrons. The Balaban J connectivity index is 2.00. The summed E-state index contributed by atoms with van der Waals surface area (Å²) in [6.07, 6.45) is 0. The minimum absolute atomic E-state index is 0.0631. The summed E-state index contributed by atoms with van der Waals surface area (Å²) in [4.78, 5) is 30.1. The number of fused-ring (bicyclic) bond motifs is 3. The number of aromatic nitrogens is 3. The van der Waals surface area contributed by atoms with Crippen LogP contribution in [0.3, 0.4) is 0 Å². The molecule has 0 fully saturated rings. The molecule has 0 aliphatic carbocycles. The molecule has 0 amide bonds. The molecule has 10 heteroatoms. The van der Waals surface area contributed by atoms with Crippen molar-refractivity contribution in [3.63, 3.8) is 0 Å². The quantitative estimate of drug-likeness (QED) is 0.560. The van der Waals surface area contributed by atoms with Gasteiger partial charge in [-0.3, -0.25) is 15.1 Å². The second kappa shape index (κ2) is 6.09. The molecule has 1 N–H and O–H groups in total. The minimum Gasteiger partial charge on any atom is -0.475 e. The number of benzene rings is 2. The number of carboxylic acid groups (broad SMARTS) is 1. The maximum Gasteiger partial charge on any atom is 0.375 e. The van der Waals surface area contributed by atoms with E-state index in [4.69, 9.17) is 5.11 Å². The van der Waals surface area contributed by atoms with Crippen molar-refractivity contribution in [1.29, 1.82) is 0 Å². The van der Waals surface area contributed by atoms with Gasteiger partial charge in [0.2, 0.25) is 0 Å². The Kier molecular flexibility index (Phi) is 3.73. The number of aromatic carboxylic acids is 1. The lowest BCUT2D eigenvalue weighted by Crippen LogP contribution is -2.11. The number of carboxylic acids is 1. The number of nitro groups is 1. The number of non-ortho nitro benzene ring substituents is 1. The number of carbonyl (C=O) groups is 1. The molecule has 3 aromatic rings. The highest BCUT2D eigenvalue weighted by atomic mass is 19.1. The first-order valence-corrected chi connectivity index (χ1v) is 7.73. The molecule has 27 heavy (non-hydrogen) atoms. The number of halogens is 1. The lowest BCUT2D eigenvalue weighted by molar-refractivity contribution is -0.384. The number of nitrogens with zero attached hydrogens (tertiary/aromatic N) is 5. The summed E-state index contributed by atoms with van der Waals surface area (Å²) in [5, 5.41) is 24.3. The standard InChI is InChI=1S/C17H10FN5O4/c18-12-4-2-1-3-10(12)15-11-7-9(23(26)27)5-6-13(11)22-14(8-19-15)20-16(21-22)17(24)25/h1-7H,8H2,(H,24,25). The van der Waals surface area contributed by atoms with Crippen molar-refractivity contribution < 1.29 is 19.2 Å². The van der Waals surface area contributed by atoms with E-state index in [2.05, 4.69) is 15.1 Å². The van der Waals surface area contributed by atoms with Crippen LogP contribution in [-0.2, 0) is 6.54 Å². The molecule has 0 spiro atoms. The van der Waals surface area contributed by atoms with E-state index in [1.807, 2.05) is 0 Å². The molecule has 0 radical (unpaired) electrons. The predicted octanol–water partition coefficient (Wildman–Crippen LogP) is 2.36. The number of hydrogen-bond donors (Lipinski definition) is 1. The minimum atomic E-state index is -1.31. The zero-order valence-corrected chi connectivity index (χ0v) is 13.5. The number of rotatable bonds is 3. The normalized spacial score (nSPS) is 12.6. The molecule has 2 heterocycles. The van der Waals surface area contributed by atoms with Crippen LogP contribution < -0.4 is 0 Å². The number of nitro benzene ring substituents is 1. The summed E-state index contributed by atoms with van der Waals surface area (Å²) in [5.74, 6) is -2.03. The van der Waals surface area contributed by atoms with Crippen LogP contribution in [0.1, 0.15) is 27.6 Å². The van der Waals surface area contributed by atoms with Crippen molar-refractivity contribution in [3.8, 4) is 5.69 Å². The van der Waals surface area contributed by atoms with Crippen LogP contribution in [0.15, 0.2) is 47.5 Å². The van der Waals surface area contributed by atoms with Crippen molar-refractivity contribution in [2.45, 2.75) is 6.54 Å². The molecule has 9 nitrogen and oxygen atoms in total. The first-order chi connectivity index (χ1) is 13.0. The van der Waals surface area contributed by atoms with Gasteiger partial charge in [0.1, 0.15) is 5.82 Å². The van der Waals surface area contributed by atoms with Gasteiger partial charge in [-0.15, -0.1) is 5.10 Å². The summed E-state index contributed by atoms with van der Waals surface area (Å²) >= 11 is 0. The van der Waals surface area contributed by atoms with Crippen LogP contribution in [0, 0.1) is 15.9 Å². The average molecular weight is 367 g/mol. The summed E-state index contributed by atoms with van der Waals surface area (Å²) in [6, 6.07) is 9.87. The zero-order chi connectivity index (χ0) is 19.1. The summed E-state index contributed by atoms with van der Waals surface area (Å²) in [5.41, 5.74) is 0.754. The van der Waals surface area contributed by atoms with Gasteiger partial charge in [-0.05, 0) is 18.2 Å². The lowest BCUT2D eigenvalue weighted by Gasteiger charge is -2.11. The summed E-state index contributed by atoms with van der Waals surface area (Å²) in [6.45, 7) is -0.0631. The Labute approximate surface area is 150 Å². The second-order valence-corrected chi connectivity index (χ2v) is 5.67. The van der Waals surface area contributed by atoms with Crippen molar-refractivity contribution in [1.82, 2.24) is 14.8 Å². The zero-order valence-electron chi connectivity index (χ0n) is 13.5. The van der Waals surface area contributed by atoms with E-state index in [0.717, 1.165) is 0 Å². The van der Waals surface area contributed by atoms with E-state index < -0.39 is 22.5 Å². The van der Waals surface area contributed by atoms with E-state index >= 15 is 0 Å². The maximum absolute atomic E-state index is 14.4. The van der Waals surface area contributed by atoms with Crippen LogP contribution >= 0.6 is 0 Å². The molecule has 1 aromatic heterocycles. The van der Waals surface area contributed by atoms with Crippen LogP contribution in [-0.4, -0.2) is 36.5 Å². The van der Waals surface area contributed by atoms with Gasteiger partial charge in [-0.1, -0.05) is 12.1 Å². The Morgan fingerprint density at radius 3 is 2.70 bits per heavy atom. The van der Waals surface area contributed by atoms with E-state index in [1.54, 1.807) is 6.07 Å². The van der Waals surface area contributed by atoms with Crippen molar-refractivity contribution in [2.75, 3.05) is 0 Å². The monoisotopic (exact) mass is 367 g/mol. The lowest BCUT2D eigenvalue weighted by atomic mass is 9.99. The van der Waals surface area contributed by atoms with E-state index in [9.17, 15) is 19.3 Å². The summed E-state index contributed by atoms with van der Waals surface area (Å²) in [7, 11) is 0. The van der Waals surface area contributed by atoms with Crippen molar-refractivity contribution >= 4 is 17.4 Å². The van der Waals surface area contributed by atoms with Crippen molar-refractivity contribution in [3.05, 3.63) is 81.2 Å². The molecule has 0 bridgehead atoms. The number of hydrogen-bond acceptors (Lipinski definition) is 6. The van der Waals surface area contributed by atoms with Gasteiger partial charge in [-0.2, -0.15) is 0 Å². The van der Waals surface area contributed by atoms with Crippen molar-refractivity contribution in [2.24, 2.45) is 4.99 Å². The second-order valence-electron chi connectivity index (χ2n) is 5.67. The molecule has 4 rings (SSSR count). The first kappa shape index (κ1) is 16.5. The Morgan fingerprint density at radius 2 is 2.00 bits per heavy atom. The van der Waals surface area contributed by atoms with Gasteiger partial charge in [0, 0.05) is 23.3 Å². The molecule has 0 saturated carbocycles. The fourth-order valence-corrected chi connectivity index (χ4v) is 2.86. The predicted molar refractivity (Wildman–Crippen MR) is 90.7 cm³/mol. The molecule has 1 aliphatic rings. The third-order valence-electron chi connectivity index (χ3n) is 4.05. The summed E-state index contributed by atoms with van der Waals surface area (Å²) < 4.78 is 15.6. The van der Waals surface area contributed by atoms with Crippen LogP contribution in [0.5, 0.6) is 0 Å². The van der Waals surface area contributed by atoms with Gasteiger partial charge in [-0.25, -0.2) is 18.9 Å². The highest BCUT2D eigenvalue weighted by molar-refractivity contribution is 6.15. The maximum atomic E-state index is 14.4. The Hall–Kier alpha value is -3.95. The highest BCUT2D eigenvalue weighted by Crippen LogP contribution is 2.28. The Bertz CT molecular complexity index is 1140. The third kappa shape index (κ3) is 2.72. The Morgan fingerprint density at radius 1 is 1.22 bits per heavy atom. The van der Waals surface area contributed by atoms with Gasteiger partial charge >= 0.3 is 5.97 Å². The third-order valence-corrected chi connectivity index (χ3v) is 4.05. The molecule has 1 aliphatic heterocycles. The SMILES string of the molecule is O=C(O)c1nc2n(n1)-c1ccc([N+](=O)[O-])cc1C(c1ccccc1F)=NC2. The van der Waals surface area contributed by atoms with E-state index in [1.165, 1.54) is 41.1 Å². The number of aliphatic imine (C=N–C) groups is 1. The highest BCUT2D eigenvalue weighted by Gasteiger charge is 2.26. The smallest absolute Gasteiger partial charge is 0.375 e. The molecule has 0 atom stereocenters. The molecule has 2 aromatic carbocycles. The van der Waals surface area contributed by atoms with E-state index in [-0.39, 0.29) is 34.9 Å². The van der Waals surface area contributed by atoms with Crippen LogP contribution in [0.25, 0.3) is 5.69 Å². The van der Waals surface area contributed by atoms with Gasteiger partial charge in [0.15, 0.2) is 5.82 Å². The van der Waals surface area contributed by atoms with Crippen LogP contribution in [0.4, 0.5) is 10.1 Å². The molecular weight excluding hydrogens is 357 g/mol. The van der Waals surface area contributed by atoms with Gasteiger partial charge in [0.25, 0.3) is 11.5 Å². The molecular formula is C17H10FN5O4. The molecule has 0 unspecified atom stereocenters. The fourth-order valence-electron chi connectivity index (χ4n) is 2.86. The van der Waals surface area contributed by atoms with Gasteiger partial charge < -0.3 is 5.11 Å². The first-order valence-electron chi connectivity index (χ1n) is 7.73.